The van der Waals surface area contributed by atoms with E-state index >= 15 is 0 Å². The lowest BCUT2D eigenvalue weighted by atomic mass is 10.0. The van der Waals surface area contributed by atoms with E-state index in [2.05, 4.69) is 5.32 Å². The van der Waals surface area contributed by atoms with E-state index in [1.807, 2.05) is 12.1 Å². The lowest BCUT2D eigenvalue weighted by Gasteiger charge is -2.19. The number of halogens is 1. The molecule has 1 aromatic carbocycles. The Morgan fingerprint density at radius 1 is 1.04 bits per heavy atom. The van der Waals surface area contributed by atoms with Crippen molar-refractivity contribution in [1.29, 1.82) is 0 Å². The number of hydrogen-bond acceptors (Lipinski definition) is 2. The Morgan fingerprint density at radius 2 is 1.70 bits per heavy atom. The zero-order chi connectivity index (χ0) is 16.2. The Morgan fingerprint density at radius 3 is 2.35 bits per heavy atom. The molecule has 1 saturated carbocycles. The van der Waals surface area contributed by atoms with Crippen LogP contribution in [0, 0.1) is 5.92 Å². The molecule has 124 valence electrons. The molecule has 1 N–H and O–H groups in total. The van der Waals surface area contributed by atoms with Crippen LogP contribution in [0.5, 0.6) is 0 Å². The van der Waals surface area contributed by atoms with Gasteiger partial charge in [0.15, 0.2) is 0 Å². The van der Waals surface area contributed by atoms with Crippen LogP contribution in [0.4, 0.5) is 5.69 Å². The average Bonchev–Trinajstić information content (AvgIpc) is 2.75. The van der Waals surface area contributed by atoms with Gasteiger partial charge in [0, 0.05) is 23.3 Å². The minimum atomic E-state index is -0.547. The molecule has 2 aliphatic rings. The van der Waals surface area contributed by atoms with Gasteiger partial charge in [-0.3, -0.25) is 9.59 Å². The number of nitrogens with zero attached hydrogens (tertiary/aromatic N) is 1. The minimum Gasteiger partial charge on any atom is -0.353 e. The maximum Gasteiger partial charge on any atom is 0.239 e. The Hall–Kier alpha value is -1.55. The van der Waals surface area contributed by atoms with Gasteiger partial charge in [-0.05, 0) is 43.5 Å². The number of benzene rings is 1. The lowest BCUT2D eigenvalue weighted by Crippen LogP contribution is -2.41. The highest BCUT2D eigenvalue weighted by Gasteiger charge is 2.38. The van der Waals surface area contributed by atoms with Crippen molar-refractivity contribution < 1.29 is 9.59 Å². The van der Waals surface area contributed by atoms with Crippen LogP contribution in [0.1, 0.15) is 44.9 Å². The Balaban J connectivity index is 1.61. The lowest BCUT2D eigenvalue weighted by molar-refractivity contribution is -0.132. The van der Waals surface area contributed by atoms with Crippen molar-refractivity contribution in [2.45, 2.75) is 51.0 Å². The molecule has 4 nitrogen and oxygen atoms in total. The van der Waals surface area contributed by atoms with Crippen molar-refractivity contribution in [3.63, 3.8) is 0 Å². The SMILES string of the molecule is O=C(NC1CCCCCC1)C1CCN(c2ccc(Cl)cc2)C1=O. The van der Waals surface area contributed by atoms with Gasteiger partial charge in [0.1, 0.15) is 5.92 Å². The number of rotatable bonds is 3. The number of hydrogen-bond donors (Lipinski definition) is 1. The second kappa shape index (κ2) is 7.35. The molecular weight excluding hydrogens is 312 g/mol. The molecule has 1 aromatic rings. The maximum atomic E-state index is 12.6. The fourth-order valence-electron chi connectivity index (χ4n) is 3.53. The van der Waals surface area contributed by atoms with Crippen molar-refractivity contribution in [1.82, 2.24) is 5.32 Å². The zero-order valence-corrected chi connectivity index (χ0v) is 14.0. The first-order chi connectivity index (χ1) is 11.1. The van der Waals surface area contributed by atoms with Gasteiger partial charge in [0.05, 0.1) is 0 Å². The first kappa shape index (κ1) is 16.3. The van der Waals surface area contributed by atoms with Gasteiger partial charge in [-0.15, -0.1) is 0 Å². The molecule has 2 amide bonds. The number of anilines is 1. The highest BCUT2D eigenvalue weighted by molar-refractivity contribution is 6.30. The van der Waals surface area contributed by atoms with Crippen LogP contribution in [0.15, 0.2) is 24.3 Å². The van der Waals surface area contributed by atoms with Gasteiger partial charge < -0.3 is 10.2 Å². The topological polar surface area (TPSA) is 49.4 Å². The van der Waals surface area contributed by atoms with E-state index in [-0.39, 0.29) is 17.9 Å². The van der Waals surface area contributed by atoms with Gasteiger partial charge in [-0.2, -0.15) is 0 Å². The summed E-state index contributed by atoms with van der Waals surface area (Å²) >= 11 is 5.89. The molecular formula is C18H23ClN2O2. The number of carbonyl (C=O) groups excluding carboxylic acids is 2. The quantitative estimate of drug-likeness (QED) is 0.679. The summed E-state index contributed by atoms with van der Waals surface area (Å²) in [6.07, 6.45) is 7.49. The van der Waals surface area contributed by atoms with Crippen molar-refractivity contribution >= 4 is 29.1 Å². The average molecular weight is 335 g/mol. The van der Waals surface area contributed by atoms with Crippen molar-refractivity contribution in [3.05, 3.63) is 29.3 Å². The Labute approximate surface area is 142 Å². The Bertz CT molecular complexity index is 565. The fraction of sp³-hybridized carbons (Fsp3) is 0.556. The molecule has 0 aromatic heterocycles. The molecule has 1 aliphatic heterocycles. The molecule has 1 saturated heterocycles. The van der Waals surface area contributed by atoms with E-state index in [1.54, 1.807) is 17.0 Å². The fourth-order valence-corrected chi connectivity index (χ4v) is 3.65. The summed E-state index contributed by atoms with van der Waals surface area (Å²) < 4.78 is 0. The first-order valence-corrected chi connectivity index (χ1v) is 8.90. The molecule has 23 heavy (non-hydrogen) atoms. The number of amides is 2. The van der Waals surface area contributed by atoms with Crippen LogP contribution in [0.2, 0.25) is 5.02 Å². The summed E-state index contributed by atoms with van der Waals surface area (Å²) in [4.78, 5) is 26.7. The highest BCUT2D eigenvalue weighted by atomic mass is 35.5. The first-order valence-electron chi connectivity index (χ1n) is 8.52. The van der Waals surface area contributed by atoms with Crippen LogP contribution < -0.4 is 10.2 Å². The van der Waals surface area contributed by atoms with Gasteiger partial charge in [-0.1, -0.05) is 37.3 Å². The smallest absolute Gasteiger partial charge is 0.239 e. The zero-order valence-electron chi connectivity index (χ0n) is 13.3. The molecule has 3 rings (SSSR count). The largest absolute Gasteiger partial charge is 0.353 e. The summed E-state index contributed by atoms with van der Waals surface area (Å²) in [5.74, 6) is -0.745. The second-order valence-electron chi connectivity index (χ2n) is 6.50. The maximum absolute atomic E-state index is 12.6. The molecule has 2 fully saturated rings. The predicted molar refractivity (Wildman–Crippen MR) is 91.5 cm³/mol. The van der Waals surface area contributed by atoms with E-state index in [4.69, 9.17) is 11.6 Å². The van der Waals surface area contributed by atoms with Crippen molar-refractivity contribution in [2.24, 2.45) is 5.92 Å². The summed E-state index contributed by atoms with van der Waals surface area (Å²) in [6, 6.07) is 7.42. The number of nitrogens with one attached hydrogen (secondary N) is 1. The van der Waals surface area contributed by atoms with E-state index in [0.29, 0.717) is 18.0 Å². The van der Waals surface area contributed by atoms with Crippen LogP contribution in [0.3, 0.4) is 0 Å². The van der Waals surface area contributed by atoms with Crippen molar-refractivity contribution in [2.75, 3.05) is 11.4 Å². The predicted octanol–water partition coefficient (Wildman–Crippen LogP) is 3.53. The summed E-state index contributed by atoms with van der Waals surface area (Å²) in [7, 11) is 0. The molecule has 1 aliphatic carbocycles. The third-order valence-electron chi connectivity index (χ3n) is 4.86. The van der Waals surface area contributed by atoms with E-state index < -0.39 is 5.92 Å². The molecule has 1 unspecified atom stereocenters. The Kier molecular flexibility index (Phi) is 5.21. The van der Waals surface area contributed by atoms with Gasteiger partial charge >= 0.3 is 0 Å². The molecule has 0 spiro atoms. The molecule has 0 radical (unpaired) electrons. The highest BCUT2D eigenvalue weighted by Crippen LogP contribution is 2.27. The monoisotopic (exact) mass is 334 g/mol. The van der Waals surface area contributed by atoms with Crippen LogP contribution in [0.25, 0.3) is 0 Å². The van der Waals surface area contributed by atoms with Gasteiger partial charge in [0.2, 0.25) is 11.8 Å². The standard InChI is InChI=1S/C18H23ClN2O2/c19-13-7-9-15(10-8-13)21-12-11-16(18(21)23)17(22)20-14-5-3-1-2-4-6-14/h7-10,14,16H,1-6,11-12H2,(H,20,22). The summed E-state index contributed by atoms with van der Waals surface area (Å²) in [6.45, 7) is 0.587. The van der Waals surface area contributed by atoms with Crippen LogP contribution in [-0.2, 0) is 9.59 Å². The molecule has 1 heterocycles. The van der Waals surface area contributed by atoms with Crippen LogP contribution >= 0.6 is 11.6 Å². The van der Waals surface area contributed by atoms with Gasteiger partial charge in [0.25, 0.3) is 0 Å². The van der Waals surface area contributed by atoms with Crippen molar-refractivity contribution in [3.8, 4) is 0 Å². The normalized spacial score (nSPS) is 22.9. The van der Waals surface area contributed by atoms with E-state index in [9.17, 15) is 9.59 Å². The summed E-state index contributed by atoms with van der Waals surface area (Å²) in [5.41, 5.74) is 0.809. The van der Waals surface area contributed by atoms with Crippen LogP contribution in [-0.4, -0.2) is 24.4 Å². The van der Waals surface area contributed by atoms with Gasteiger partial charge in [-0.25, -0.2) is 0 Å². The second-order valence-corrected chi connectivity index (χ2v) is 6.94. The minimum absolute atomic E-state index is 0.0987. The number of carbonyl (C=O) groups is 2. The molecule has 5 heteroatoms. The van der Waals surface area contributed by atoms with E-state index in [0.717, 1.165) is 18.5 Å². The van der Waals surface area contributed by atoms with E-state index in [1.165, 1.54) is 25.7 Å². The third kappa shape index (κ3) is 3.86. The third-order valence-corrected chi connectivity index (χ3v) is 5.11. The molecule has 0 bridgehead atoms. The summed E-state index contributed by atoms with van der Waals surface area (Å²) in [5, 5.41) is 3.75. The molecule has 1 atom stereocenters.